The fourth-order valence-corrected chi connectivity index (χ4v) is 6.01. The van der Waals surface area contributed by atoms with Gasteiger partial charge in [-0.05, 0) is 49.5 Å². The normalized spacial score (nSPS) is 19.9. The van der Waals surface area contributed by atoms with E-state index in [0.29, 0.717) is 42.1 Å². The number of nitrogens with zero attached hydrogens (tertiary/aromatic N) is 4. The van der Waals surface area contributed by atoms with E-state index < -0.39 is 0 Å². The fourth-order valence-electron chi connectivity index (χ4n) is 5.29. The fraction of sp³-hybridized carbons (Fsp3) is 0.417. The number of thioether (sulfide) groups is 1. The smallest absolute Gasteiger partial charge is 0.251 e. The lowest BCUT2D eigenvalue weighted by Gasteiger charge is -2.34. The van der Waals surface area contributed by atoms with Crippen molar-refractivity contribution in [2.24, 2.45) is 0 Å². The Bertz CT molecular complexity index is 1340. The molecule has 5 heterocycles. The van der Waals surface area contributed by atoms with E-state index in [-0.39, 0.29) is 35.6 Å². The van der Waals surface area contributed by atoms with Gasteiger partial charge in [0.05, 0.1) is 22.7 Å². The summed E-state index contributed by atoms with van der Waals surface area (Å²) in [4.78, 5) is 36.1. The third-order valence-electron chi connectivity index (χ3n) is 6.98. The summed E-state index contributed by atoms with van der Waals surface area (Å²) >= 11 is 1.46. The van der Waals surface area contributed by atoms with Gasteiger partial charge < -0.3 is 20.1 Å². The molecule has 0 bridgehead atoms. The van der Waals surface area contributed by atoms with Gasteiger partial charge in [-0.25, -0.2) is 14.4 Å². The third-order valence-corrected chi connectivity index (χ3v) is 8.00. The van der Waals surface area contributed by atoms with Crippen LogP contribution in [-0.2, 0) is 17.9 Å². The predicted molar refractivity (Wildman–Crippen MR) is 136 cm³/mol. The minimum atomic E-state index is -0.217. The molecule has 2 aromatic heterocycles. The molecule has 1 amide bonds. The first-order valence-corrected chi connectivity index (χ1v) is 12.6. The molecule has 11 heteroatoms. The molecule has 1 aromatic carbocycles. The van der Waals surface area contributed by atoms with Gasteiger partial charge in [-0.1, -0.05) is 0 Å². The van der Waals surface area contributed by atoms with Gasteiger partial charge >= 0.3 is 0 Å². The molecule has 1 fully saturated rings. The van der Waals surface area contributed by atoms with Crippen molar-refractivity contribution in [1.82, 2.24) is 24.8 Å². The number of hydrogen-bond acceptors (Lipinski definition) is 7. The molecular weight excluding hydrogens is 491 g/mol. The minimum absolute atomic E-state index is 0. The molecule has 0 radical (unpaired) electrons. The summed E-state index contributed by atoms with van der Waals surface area (Å²) in [7, 11) is 0. The standard InChI is InChI=1S/C24H25FN6O2S.ClH/c25-17-3-1-14-2-4-21(33)31-12-15(22(17)23(14)31)11-30-7-5-16(6-8-30)26-10-19-27-9-18-24(28-19)29-20(32)13-34-18;/h1-4,9,15-16,26H,5-8,10-13H2,(H,27,28,29,32);1H/t15-;/m1./s1. The third kappa shape index (κ3) is 4.67. The highest BCUT2D eigenvalue weighted by Gasteiger charge is 2.31. The Hall–Kier alpha value is -2.53. The molecule has 0 unspecified atom stereocenters. The lowest BCUT2D eigenvalue weighted by atomic mass is 9.97. The van der Waals surface area contributed by atoms with Crippen LogP contribution in [0.3, 0.4) is 0 Å². The van der Waals surface area contributed by atoms with E-state index in [4.69, 9.17) is 0 Å². The van der Waals surface area contributed by atoms with Crippen LogP contribution >= 0.6 is 24.2 Å². The summed E-state index contributed by atoms with van der Waals surface area (Å²) < 4.78 is 16.5. The van der Waals surface area contributed by atoms with Crippen LogP contribution in [-0.4, -0.2) is 56.8 Å². The summed E-state index contributed by atoms with van der Waals surface area (Å²) in [6, 6.07) is 6.98. The van der Waals surface area contributed by atoms with E-state index in [1.807, 2.05) is 0 Å². The van der Waals surface area contributed by atoms with Crippen molar-refractivity contribution in [3.05, 3.63) is 58.0 Å². The molecule has 0 spiro atoms. The maximum absolute atomic E-state index is 14.8. The summed E-state index contributed by atoms with van der Waals surface area (Å²) in [5.41, 5.74) is 1.38. The first kappa shape index (κ1) is 24.2. The van der Waals surface area contributed by atoms with Crippen LogP contribution in [0.4, 0.5) is 10.2 Å². The van der Waals surface area contributed by atoms with E-state index in [0.717, 1.165) is 48.3 Å². The Balaban J connectivity index is 0.00000253. The average molecular weight is 517 g/mol. The van der Waals surface area contributed by atoms with Crippen LogP contribution in [0, 0.1) is 5.82 Å². The number of halogens is 2. The number of pyridine rings is 1. The molecule has 1 saturated heterocycles. The molecule has 0 saturated carbocycles. The predicted octanol–water partition coefficient (Wildman–Crippen LogP) is 2.75. The molecule has 2 N–H and O–H groups in total. The number of amides is 1. The molecule has 1 atom stereocenters. The van der Waals surface area contributed by atoms with Crippen molar-refractivity contribution < 1.29 is 9.18 Å². The topological polar surface area (TPSA) is 92.2 Å². The SMILES string of the molecule is Cl.O=C1CSc2cnc(CNC3CCN(C[C@@H]4Cn5c(=O)ccc6ccc(F)c4c65)CC3)nc2N1. The Morgan fingerprint density at radius 2 is 1.97 bits per heavy atom. The molecule has 184 valence electrons. The van der Waals surface area contributed by atoms with Crippen LogP contribution in [0.15, 0.2) is 40.2 Å². The van der Waals surface area contributed by atoms with Gasteiger partial charge in [0, 0.05) is 42.9 Å². The van der Waals surface area contributed by atoms with E-state index in [9.17, 15) is 14.0 Å². The number of likely N-dealkylation sites (tertiary alicyclic amines) is 1. The quantitative estimate of drug-likeness (QED) is 0.538. The zero-order valence-electron chi connectivity index (χ0n) is 19.0. The Labute approximate surface area is 212 Å². The Morgan fingerprint density at radius 1 is 1.17 bits per heavy atom. The highest BCUT2D eigenvalue weighted by Crippen LogP contribution is 2.35. The highest BCUT2D eigenvalue weighted by molar-refractivity contribution is 8.00. The van der Waals surface area contributed by atoms with E-state index in [1.54, 1.807) is 29.0 Å². The number of nitrogens with one attached hydrogen (secondary N) is 2. The number of carbonyl (C=O) groups is 1. The minimum Gasteiger partial charge on any atom is -0.309 e. The monoisotopic (exact) mass is 516 g/mol. The molecule has 3 aliphatic heterocycles. The van der Waals surface area contributed by atoms with Crippen molar-refractivity contribution in [3.63, 3.8) is 0 Å². The number of hydrogen-bond donors (Lipinski definition) is 2. The molecule has 3 aromatic rings. The summed E-state index contributed by atoms with van der Waals surface area (Å²) in [6.45, 7) is 3.65. The van der Waals surface area contributed by atoms with Gasteiger partial charge in [-0.3, -0.25) is 9.59 Å². The lowest BCUT2D eigenvalue weighted by Crippen LogP contribution is -2.43. The molecule has 0 aliphatic carbocycles. The molecule has 3 aliphatic rings. The maximum Gasteiger partial charge on any atom is 0.251 e. The number of rotatable bonds is 5. The van der Waals surface area contributed by atoms with Crippen LogP contribution in [0.1, 0.15) is 30.1 Å². The van der Waals surface area contributed by atoms with Crippen molar-refractivity contribution in [2.45, 2.75) is 42.8 Å². The van der Waals surface area contributed by atoms with Crippen LogP contribution in [0.5, 0.6) is 0 Å². The number of piperidine rings is 1. The van der Waals surface area contributed by atoms with Gasteiger partial charge in [0.1, 0.15) is 17.5 Å². The Kier molecular flexibility index (Phi) is 6.80. The van der Waals surface area contributed by atoms with Gasteiger partial charge in [0.15, 0.2) is 0 Å². The highest BCUT2D eigenvalue weighted by atomic mass is 35.5. The second-order valence-electron chi connectivity index (χ2n) is 9.17. The first-order valence-electron chi connectivity index (χ1n) is 11.6. The van der Waals surface area contributed by atoms with E-state index in [1.165, 1.54) is 17.8 Å². The van der Waals surface area contributed by atoms with Gasteiger partial charge in [0.25, 0.3) is 5.56 Å². The van der Waals surface area contributed by atoms with E-state index >= 15 is 0 Å². The van der Waals surface area contributed by atoms with Crippen LogP contribution in [0.2, 0.25) is 0 Å². The molecule has 8 nitrogen and oxygen atoms in total. The Morgan fingerprint density at radius 3 is 2.80 bits per heavy atom. The lowest BCUT2D eigenvalue weighted by molar-refractivity contribution is -0.113. The summed E-state index contributed by atoms with van der Waals surface area (Å²) in [6.07, 6.45) is 3.73. The zero-order valence-corrected chi connectivity index (χ0v) is 20.6. The number of aromatic nitrogens is 3. The number of fused-ring (bicyclic) bond motifs is 1. The number of benzene rings is 1. The molecule has 35 heavy (non-hydrogen) atoms. The van der Waals surface area contributed by atoms with Crippen molar-refractivity contribution >= 4 is 46.8 Å². The van der Waals surface area contributed by atoms with E-state index in [2.05, 4.69) is 25.5 Å². The first-order chi connectivity index (χ1) is 16.5. The number of carbonyl (C=O) groups excluding carboxylic acids is 1. The molecular formula is C24H26ClFN6O2S. The summed E-state index contributed by atoms with van der Waals surface area (Å²) in [5, 5.41) is 7.27. The van der Waals surface area contributed by atoms with Crippen molar-refractivity contribution in [3.8, 4) is 0 Å². The van der Waals surface area contributed by atoms with Crippen LogP contribution in [0.25, 0.3) is 10.9 Å². The molecule has 6 rings (SSSR count). The maximum atomic E-state index is 14.8. The van der Waals surface area contributed by atoms with Crippen molar-refractivity contribution in [2.75, 3.05) is 30.7 Å². The average Bonchev–Trinajstić information content (AvgIpc) is 3.23. The van der Waals surface area contributed by atoms with Gasteiger partial charge in [0.2, 0.25) is 5.91 Å². The zero-order chi connectivity index (χ0) is 23.2. The second kappa shape index (κ2) is 9.85. The largest absolute Gasteiger partial charge is 0.309 e. The second-order valence-corrected chi connectivity index (χ2v) is 10.2. The van der Waals surface area contributed by atoms with Crippen LogP contribution < -0.4 is 16.2 Å². The van der Waals surface area contributed by atoms with Gasteiger partial charge in [-0.2, -0.15) is 0 Å². The van der Waals surface area contributed by atoms with Gasteiger partial charge in [-0.15, -0.1) is 24.2 Å². The number of anilines is 1. The summed E-state index contributed by atoms with van der Waals surface area (Å²) in [5.74, 6) is 1.40. The van der Waals surface area contributed by atoms with Crippen molar-refractivity contribution in [1.29, 1.82) is 0 Å².